The SMILES string of the molecule is Cc1cc2nc3sc(C(=O)NCc4ccc(N(C)C)cc4)cc(=O)n3c2cc1C. The van der Waals surface area contributed by atoms with Gasteiger partial charge in [-0.15, -0.1) is 0 Å². The molecule has 0 aliphatic rings. The lowest BCUT2D eigenvalue weighted by Crippen LogP contribution is -2.24. The molecule has 0 saturated carbocycles. The lowest BCUT2D eigenvalue weighted by Gasteiger charge is -2.12. The summed E-state index contributed by atoms with van der Waals surface area (Å²) in [4.78, 5) is 32.8. The van der Waals surface area contributed by atoms with E-state index in [4.69, 9.17) is 0 Å². The number of nitrogens with zero attached hydrogens (tertiary/aromatic N) is 3. The molecule has 0 fully saturated rings. The molecule has 0 spiro atoms. The van der Waals surface area contributed by atoms with Crippen LogP contribution in [0.2, 0.25) is 0 Å². The van der Waals surface area contributed by atoms with Crippen LogP contribution >= 0.6 is 11.3 Å². The molecule has 29 heavy (non-hydrogen) atoms. The van der Waals surface area contributed by atoms with Crippen molar-refractivity contribution in [3.8, 4) is 0 Å². The van der Waals surface area contributed by atoms with Crippen LogP contribution in [0.1, 0.15) is 26.4 Å². The van der Waals surface area contributed by atoms with E-state index in [0.717, 1.165) is 33.4 Å². The van der Waals surface area contributed by atoms with Crippen LogP contribution < -0.4 is 15.8 Å². The Bertz CT molecular complexity index is 1290. The summed E-state index contributed by atoms with van der Waals surface area (Å²) in [6.07, 6.45) is 0. The van der Waals surface area contributed by atoms with E-state index in [1.165, 1.54) is 17.4 Å². The van der Waals surface area contributed by atoms with Crippen molar-refractivity contribution < 1.29 is 4.79 Å². The lowest BCUT2D eigenvalue weighted by atomic mass is 10.1. The molecule has 1 N–H and O–H groups in total. The van der Waals surface area contributed by atoms with Crippen LogP contribution in [0.5, 0.6) is 0 Å². The van der Waals surface area contributed by atoms with Gasteiger partial charge in [-0.1, -0.05) is 23.5 Å². The second-order valence-corrected chi connectivity index (χ2v) is 8.36. The molecule has 2 aromatic heterocycles. The van der Waals surface area contributed by atoms with Crippen LogP contribution in [0.4, 0.5) is 5.69 Å². The minimum Gasteiger partial charge on any atom is -0.378 e. The van der Waals surface area contributed by atoms with Gasteiger partial charge in [0.25, 0.3) is 11.5 Å². The van der Waals surface area contributed by atoms with Crippen molar-refractivity contribution in [3.05, 3.63) is 74.4 Å². The summed E-state index contributed by atoms with van der Waals surface area (Å²) in [6, 6.07) is 13.3. The van der Waals surface area contributed by atoms with Crippen LogP contribution in [0.3, 0.4) is 0 Å². The summed E-state index contributed by atoms with van der Waals surface area (Å²) in [5.41, 5.74) is 5.61. The normalized spacial score (nSPS) is 11.2. The summed E-state index contributed by atoms with van der Waals surface area (Å²) in [7, 11) is 3.97. The number of imidazole rings is 1. The van der Waals surface area contributed by atoms with Gasteiger partial charge >= 0.3 is 0 Å². The van der Waals surface area contributed by atoms with Crippen LogP contribution in [-0.2, 0) is 6.54 Å². The molecule has 2 aromatic carbocycles. The van der Waals surface area contributed by atoms with E-state index in [1.54, 1.807) is 4.40 Å². The Morgan fingerprint density at radius 2 is 1.79 bits per heavy atom. The molecule has 1 amide bonds. The number of aryl methyl sites for hydroxylation is 2. The first kappa shape index (κ1) is 19.1. The first-order valence-electron chi connectivity index (χ1n) is 9.31. The van der Waals surface area contributed by atoms with Gasteiger partial charge in [0.1, 0.15) is 4.88 Å². The molecule has 0 aliphatic heterocycles. The molecule has 0 radical (unpaired) electrons. The maximum Gasteiger partial charge on any atom is 0.261 e. The molecular formula is C22H22N4O2S. The molecule has 4 aromatic rings. The summed E-state index contributed by atoms with van der Waals surface area (Å²) in [5.74, 6) is -0.272. The number of rotatable bonds is 4. The van der Waals surface area contributed by atoms with Crippen molar-refractivity contribution >= 4 is 38.9 Å². The molecule has 0 unspecified atom stereocenters. The maximum atomic E-state index is 12.7. The number of amides is 1. The zero-order chi connectivity index (χ0) is 20.7. The maximum absolute atomic E-state index is 12.7. The molecule has 0 saturated heterocycles. The van der Waals surface area contributed by atoms with Gasteiger partial charge in [-0.2, -0.15) is 0 Å². The minimum atomic E-state index is -0.272. The third-order valence-electron chi connectivity index (χ3n) is 5.04. The first-order chi connectivity index (χ1) is 13.8. The van der Waals surface area contributed by atoms with Gasteiger partial charge in [-0.3, -0.25) is 14.0 Å². The Kier molecular flexibility index (Phi) is 4.84. The molecule has 148 valence electrons. The molecule has 4 rings (SSSR count). The van der Waals surface area contributed by atoms with E-state index in [-0.39, 0.29) is 11.5 Å². The minimum absolute atomic E-state index is 0.245. The number of hydrogen-bond acceptors (Lipinski definition) is 5. The lowest BCUT2D eigenvalue weighted by molar-refractivity contribution is 0.0954. The fourth-order valence-corrected chi connectivity index (χ4v) is 4.13. The zero-order valence-corrected chi connectivity index (χ0v) is 17.6. The Morgan fingerprint density at radius 3 is 2.48 bits per heavy atom. The van der Waals surface area contributed by atoms with Gasteiger partial charge in [0.05, 0.1) is 11.0 Å². The van der Waals surface area contributed by atoms with E-state index in [1.807, 2.05) is 69.2 Å². The van der Waals surface area contributed by atoms with Crippen LogP contribution in [0.15, 0.2) is 47.3 Å². The van der Waals surface area contributed by atoms with E-state index in [9.17, 15) is 9.59 Å². The van der Waals surface area contributed by atoms with Crippen molar-refractivity contribution in [2.45, 2.75) is 20.4 Å². The van der Waals surface area contributed by atoms with E-state index >= 15 is 0 Å². The Labute approximate surface area is 172 Å². The van der Waals surface area contributed by atoms with Crippen LogP contribution in [-0.4, -0.2) is 29.4 Å². The smallest absolute Gasteiger partial charge is 0.261 e. The number of hydrogen-bond donors (Lipinski definition) is 1. The topological polar surface area (TPSA) is 66.7 Å². The summed E-state index contributed by atoms with van der Waals surface area (Å²) in [5, 5.41) is 2.89. The van der Waals surface area contributed by atoms with Gasteiger partial charge in [0.15, 0.2) is 4.96 Å². The summed E-state index contributed by atoms with van der Waals surface area (Å²) < 4.78 is 1.57. The fourth-order valence-electron chi connectivity index (χ4n) is 3.19. The number of carbonyl (C=O) groups excluding carboxylic acids is 1. The van der Waals surface area contributed by atoms with E-state index in [2.05, 4.69) is 10.3 Å². The molecule has 6 nitrogen and oxygen atoms in total. The van der Waals surface area contributed by atoms with Gasteiger partial charge in [-0.05, 0) is 54.8 Å². The van der Waals surface area contributed by atoms with Crippen LogP contribution in [0.25, 0.3) is 16.0 Å². The summed E-state index contributed by atoms with van der Waals surface area (Å²) in [6.45, 7) is 4.42. The van der Waals surface area contributed by atoms with Gasteiger partial charge in [-0.25, -0.2) is 4.98 Å². The van der Waals surface area contributed by atoms with Crippen molar-refractivity contribution in [2.75, 3.05) is 19.0 Å². The number of nitrogens with one attached hydrogen (secondary N) is 1. The average Bonchev–Trinajstić information content (AvgIpc) is 3.04. The van der Waals surface area contributed by atoms with Gasteiger partial charge in [0, 0.05) is 32.4 Å². The molecule has 7 heteroatoms. The van der Waals surface area contributed by atoms with E-state index < -0.39 is 0 Å². The Morgan fingerprint density at radius 1 is 1.10 bits per heavy atom. The highest BCUT2D eigenvalue weighted by molar-refractivity contribution is 7.18. The third-order valence-corrected chi connectivity index (χ3v) is 6.02. The summed E-state index contributed by atoms with van der Waals surface area (Å²) >= 11 is 1.22. The van der Waals surface area contributed by atoms with Crippen molar-refractivity contribution in [2.24, 2.45) is 0 Å². The number of fused-ring (bicyclic) bond motifs is 3. The third kappa shape index (κ3) is 3.61. The predicted molar refractivity (Wildman–Crippen MR) is 118 cm³/mol. The van der Waals surface area contributed by atoms with Crippen molar-refractivity contribution in [1.82, 2.24) is 14.7 Å². The number of anilines is 1. The Balaban J connectivity index is 1.61. The number of aromatic nitrogens is 2. The van der Waals surface area contributed by atoms with Crippen molar-refractivity contribution in [1.29, 1.82) is 0 Å². The predicted octanol–water partition coefficient (Wildman–Crippen LogP) is 3.52. The highest BCUT2D eigenvalue weighted by atomic mass is 32.1. The average molecular weight is 407 g/mol. The second kappa shape index (κ2) is 7.33. The standard InChI is InChI=1S/C22H22N4O2S/c1-13-9-17-18(10-14(13)2)26-20(27)11-19(29-22(26)24-17)21(28)23-12-15-5-7-16(8-6-15)25(3)4/h5-11H,12H2,1-4H3,(H,23,28). The van der Waals surface area contributed by atoms with Crippen molar-refractivity contribution in [3.63, 3.8) is 0 Å². The molecular weight excluding hydrogens is 384 g/mol. The second-order valence-electron chi connectivity index (χ2n) is 7.35. The van der Waals surface area contributed by atoms with Gasteiger partial charge in [0.2, 0.25) is 0 Å². The monoisotopic (exact) mass is 406 g/mol. The van der Waals surface area contributed by atoms with Gasteiger partial charge < -0.3 is 10.2 Å². The first-order valence-corrected chi connectivity index (χ1v) is 10.1. The van der Waals surface area contributed by atoms with E-state index in [0.29, 0.717) is 16.4 Å². The largest absolute Gasteiger partial charge is 0.378 e. The Hall–Kier alpha value is -3.19. The quantitative estimate of drug-likeness (QED) is 0.563. The zero-order valence-electron chi connectivity index (χ0n) is 16.8. The number of benzene rings is 2. The number of carbonyl (C=O) groups is 1. The highest BCUT2D eigenvalue weighted by Crippen LogP contribution is 2.22. The highest BCUT2D eigenvalue weighted by Gasteiger charge is 2.15. The molecule has 2 heterocycles. The molecule has 0 aliphatic carbocycles. The van der Waals surface area contributed by atoms with Crippen LogP contribution in [0, 0.1) is 13.8 Å². The molecule has 0 bridgehead atoms. The fraction of sp³-hybridized carbons (Fsp3) is 0.227. The molecule has 0 atom stereocenters.